The molecule has 1 aromatic rings. The summed E-state index contributed by atoms with van der Waals surface area (Å²) in [5.41, 5.74) is 0.110. The highest BCUT2D eigenvalue weighted by Crippen LogP contribution is 2.36. The number of β-lactam (4-membered cyclic amide) rings is 1. The van der Waals surface area contributed by atoms with Crippen molar-refractivity contribution in [2.24, 2.45) is 5.16 Å². The van der Waals surface area contributed by atoms with Gasteiger partial charge in [-0.05, 0) is 6.92 Å². The number of fused-ring (bicyclic) bond motifs is 1. The van der Waals surface area contributed by atoms with Crippen LogP contribution in [-0.2, 0) is 28.8 Å². The molecule has 1 fully saturated rings. The molecule has 3 N–H and O–H groups in total. The molecule has 1 saturated heterocycles. The molecule has 2 aliphatic heterocycles. The lowest BCUT2D eigenvalue weighted by Crippen LogP contribution is -2.69. The van der Waals surface area contributed by atoms with E-state index in [2.05, 4.69) is 20.8 Å². The van der Waals surface area contributed by atoms with Crippen molar-refractivity contribution < 1.29 is 33.9 Å². The second-order valence-electron chi connectivity index (χ2n) is 6.13. The standard InChI is InChI=1S/C17H19N5O7S2/c1-2-28-3-4-29-21-11(10-7-31-17(19-10)18-8-23)13(24)20-12-14(25)22-5-9(16(26)27)6-30-15(12)22/h5,7-8,12,15H,2-4,6H2,1H3,(H,20,24)(H,26,27)(H,18,19,23)/t12?,15-/m1/s1. The van der Waals surface area contributed by atoms with Gasteiger partial charge in [0.2, 0.25) is 6.41 Å². The molecule has 0 radical (unpaired) electrons. The minimum Gasteiger partial charge on any atom is -0.478 e. The number of thiazole rings is 1. The van der Waals surface area contributed by atoms with E-state index in [9.17, 15) is 19.2 Å². The molecule has 0 spiro atoms. The van der Waals surface area contributed by atoms with E-state index in [0.717, 1.165) is 11.3 Å². The minimum atomic E-state index is -1.09. The van der Waals surface area contributed by atoms with Crippen LogP contribution in [0.1, 0.15) is 12.6 Å². The number of rotatable bonds is 11. The van der Waals surface area contributed by atoms with E-state index >= 15 is 0 Å². The number of hydrogen-bond donors (Lipinski definition) is 3. The van der Waals surface area contributed by atoms with Crippen LogP contribution < -0.4 is 10.6 Å². The number of hydrogen-bond acceptors (Lipinski definition) is 10. The van der Waals surface area contributed by atoms with Crippen molar-refractivity contribution in [1.82, 2.24) is 15.2 Å². The summed E-state index contributed by atoms with van der Waals surface area (Å²) in [4.78, 5) is 57.5. The van der Waals surface area contributed by atoms with E-state index in [0.29, 0.717) is 13.0 Å². The number of aliphatic carboxylic acids is 1. The van der Waals surface area contributed by atoms with E-state index in [1.165, 1.54) is 28.2 Å². The number of oxime groups is 1. The zero-order valence-electron chi connectivity index (χ0n) is 16.3. The molecule has 166 valence electrons. The highest BCUT2D eigenvalue weighted by atomic mass is 32.2. The fraction of sp³-hybridized carbons (Fsp3) is 0.412. The Kier molecular flexibility index (Phi) is 7.59. The molecule has 3 amide bonds. The van der Waals surface area contributed by atoms with Crippen molar-refractivity contribution in [3.63, 3.8) is 0 Å². The van der Waals surface area contributed by atoms with Gasteiger partial charge in [0.05, 0.1) is 12.2 Å². The summed E-state index contributed by atoms with van der Waals surface area (Å²) in [5.74, 6) is -1.99. The normalized spacial score (nSPS) is 20.3. The molecule has 2 atom stereocenters. The molecular formula is C17H19N5O7S2. The van der Waals surface area contributed by atoms with Crippen LogP contribution in [0.4, 0.5) is 5.13 Å². The molecule has 1 aromatic heterocycles. The molecule has 2 aliphatic rings. The number of amides is 3. The van der Waals surface area contributed by atoms with Crippen LogP contribution in [0.3, 0.4) is 0 Å². The summed E-state index contributed by atoms with van der Waals surface area (Å²) in [5, 5.41) is 19.3. The van der Waals surface area contributed by atoms with Crippen LogP contribution in [0.15, 0.2) is 22.3 Å². The molecule has 0 aliphatic carbocycles. The van der Waals surface area contributed by atoms with Gasteiger partial charge in [0.25, 0.3) is 11.8 Å². The van der Waals surface area contributed by atoms with Crippen LogP contribution >= 0.6 is 23.1 Å². The summed E-state index contributed by atoms with van der Waals surface area (Å²) in [6.45, 7) is 2.71. The van der Waals surface area contributed by atoms with Gasteiger partial charge in [0.1, 0.15) is 23.7 Å². The molecule has 0 bridgehead atoms. The van der Waals surface area contributed by atoms with Crippen molar-refractivity contribution in [3.8, 4) is 0 Å². The second-order valence-corrected chi connectivity index (χ2v) is 8.09. The SMILES string of the molecule is CCOCCON=C(C(=O)NC1C(=O)N2C=C(C(=O)O)CS[C@H]12)c1csc(NC=O)n1. The summed E-state index contributed by atoms with van der Waals surface area (Å²) < 4.78 is 5.15. The number of nitrogens with one attached hydrogen (secondary N) is 2. The van der Waals surface area contributed by atoms with Gasteiger partial charge >= 0.3 is 5.97 Å². The van der Waals surface area contributed by atoms with Crippen molar-refractivity contribution in [2.45, 2.75) is 18.3 Å². The third-order valence-corrected chi connectivity index (χ3v) is 6.26. The number of aromatic nitrogens is 1. The minimum absolute atomic E-state index is 0.103. The Morgan fingerprint density at radius 2 is 2.26 bits per heavy atom. The van der Waals surface area contributed by atoms with Gasteiger partial charge in [0.15, 0.2) is 10.8 Å². The van der Waals surface area contributed by atoms with Gasteiger partial charge in [-0.15, -0.1) is 23.1 Å². The van der Waals surface area contributed by atoms with Crippen molar-refractivity contribution >= 4 is 58.1 Å². The molecule has 31 heavy (non-hydrogen) atoms. The van der Waals surface area contributed by atoms with Crippen LogP contribution in [-0.4, -0.2) is 81.9 Å². The van der Waals surface area contributed by atoms with Gasteiger partial charge < -0.3 is 30.2 Å². The Hall–Kier alpha value is -2.97. The summed E-state index contributed by atoms with van der Waals surface area (Å²) in [6.07, 6.45) is 1.75. The first kappa shape index (κ1) is 22.7. The van der Waals surface area contributed by atoms with Gasteiger partial charge in [0, 0.05) is 23.9 Å². The number of nitrogens with zero attached hydrogens (tertiary/aromatic N) is 3. The van der Waals surface area contributed by atoms with Crippen LogP contribution in [0, 0.1) is 0 Å². The third-order valence-electron chi connectivity index (χ3n) is 4.17. The average molecular weight is 470 g/mol. The van der Waals surface area contributed by atoms with Crippen LogP contribution in [0.5, 0.6) is 0 Å². The van der Waals surface area contributed by atoms with Gasteiger partial charge in [-0.25, -0.2) is 9.78 Å². The number of thioether (sulfide) groups is 1. The molecule has 1 unspecified atom stereocenters. The van der Waals surface area contributed by atoms with Crippen LogP contribution in [0.2, 0.25) is 0 Å². The largest absolute Gasteiger partial charge is 0.478 e. The Balaban J connectivity index is 1.71. The topological polar surface area (TPSA) is 160 Å². The summed E-state index contributed by atoms with van der Waals surface area (Å²) in [6, 6.07) is -0.844. The molecule has 0 aromatic carbocycles. The van der Waals surface area contributed by atoms with E-state index < -0.39 is 29.2 Å². The van der Waals surface area contributed by atoms with E-state index in [1.54, 1.807) is 0 Å². The van der Waals surface area contributed by atoms with E-state index in [-0.39, 0.29) is 41.1 Å². The smallest absolute Gasteiger partial charge is 0.333 e. The number of anilines is 1. The quantitative estimate of drug-likeness (QED) is 0.131. The number of carboxylic acid groups (broad SMARTS) is 1. The van der Waals surface area contributed by atoms with E-state index in [1.807, 2.05) is 6.92 Å². The number of carbonyl (C=O) groups excluding carboxylic acids is 3. The lowest BCUT2D eigenvalue weighted by molar-refractivity contribution is -0.144. The van der Waals surface area contributed by atoms with Crippen LogP contribution in [0.25, 0.3) is 0 Å². The average Bonchev–Trinajstić information content (AvgIpc) is 3.22. The Bertz CT molecular complexity index is 932. The lowest BCUT2D eigenvalue weighted by atomic mass is 10.1. The first-order valence-electron chi connectivity index (χ1n) is 9.08. The zero-order chi connectivity index (χ0) is 22.4. The monoisotopic (exact) mass is 469 g/mol. The molecule has 3 heterocycles. The fourth-order valence-electron chi connectivity index (χ4n) is 2.69. The van der Waals surface area contributed by atoms with Crippen molar-refractivity contribution in [2.75, 3.05) is 30.9 Å². The Morgan fingerprint density at radius 3 is 2.97 bits per heavy atom. The lowest BCUT2D eigenvalue weighted by Gasteiger charge is -2.46. The number of carboxylic acids is 1. The summed E-state index contributed by atoms with van der Waals surface area (Å²) in [7, 11) is 0. The third kappa shape index (κ3) is 5.21. The fourth-order valence-corrected chi connectivity index (χ4v) is 4.60. The van der Waals surface area contributed by atoms with Gasteiger partial charge in [-0.1, -0.05) is 5.16 Å². The Morgan fingerprint density at radius 1 is 1.45 bits per heavy atom. The predicted molar refractivity (Wildman–Crippen MR) is 112 cm³/mol. The maximum Gasteiger partial charge on any atom is 0.333 e. The first-order chi connectivity index (χ1) is 15.0. The molecule has 3 rings (SSSR count). The summed E-state index contributed by atoms with van der Waals surface area (Å²) >= 11 is 2.33. The van der Waals surface area contributed by atoms with Gasteiger partial charge in [-0.2, -0.15) is 0 Å². The van der Waals surface area contributed by atoms with E-state index in [4.69, 9.17) is 14.7 Å². The van der Waals surface area contributed by atoms with Crippen molar-refractivity contribution in [3.05, 3.63) is 22.8 Å². The number of ether oxygens (including phenoxy) is 1. The highest BCUT2D eigenvalue weighted by molar-refractivity contribution is 8.00. The molecule has 14 heteroatoms. The Labute approximate surface area is 184 Å². The number of carbonyl (C=O) groups is 4. The van der Waals surface area contributed by atoms with Gasteiger partial charge in [-0.3, -0.25) is 14.4 Å². The highest BCUT2D eigenvalue weighted by Gasteiger charge is 2.50. The predicted octanol–water partition coefficient (Wildman–Crippen LogP) is -0.163. The molecule has 0 saturated carbocycles. The first-order valence-corrected chi connectivity index (χ1v) is 11.0. The second kappa shape index (κ2) is 10.4. The zero-order valence-corrected chi connectivity index (χ0v) is 17.9. The maximum absolute atomic E-state index is 12.9. The molecular weight excluding hydrogens is 450 g/mol. The van der Waals surface area contributed by atoms with Crippen molar-refractivity contribution in [1.29, 1.82) is 0 Å². The maximum atomic E-state index is 12.9. The molecule has 12 nitrogen and oxygen atoms in total.